The number of nitrogens with one attached hydrogen (secondary N) is 1. The molecule has 1 aliphatic heterocycles. The molecule has 4 heteroatoms. The highest BCUT2D eigenvalue weighted by molar-refractivity contribution is 5.97. The second kappa shape index (κ2) is 6.40. The number of pyridine rings is 1. The summed E-state index contributed by atoms with van der Waals surface area (Å²) in [7, 11) is 0. The number of fused-ring (bicyclic) bond motifs is 1. The molecule has 4 rings (SSSR count). The van der Waals surface area contributed by atoms with Gasteiger partial charge in [-0.3, -0.25) is 4.79 Å². The lowest BCUT2D eigenvalue weighted by molar-refractivity contribution is -0.118. The Bertz CT molecular complexity index is 919. The first kappa shape index (κ1) is 15.4. The molecule has 3 aromatic rings. The third-order valence-corrected chi connectivity index (χ3v) is 4.32. The van der Waals surface area contributed by atoms with Gasteiger partial charge in [-0.15, -0.1) is 0 Å². The van der Waals surface area contributed by atoms with Gasteiger partial charge in [0.05, 0.1) is 5.69 Å². The van der Waals surface area contributed by atoms with Gasteiger partial charge in [0.2, 0.25) is 5.88 Å². The van der Waals surface area contributed by atoms with E-state index in [1.165, 1.54) is 5.56 Å². The number of anilines is 1. The fourth-order valence-corrected chi connectivity index (χ4v) is 2.97. The molecule has 2 aromatic carbocycles. The summed E-state index contributed by atoms with van der Waals surface area (Å²) in [6.07, 6.45) is 0.999. The van der Waals surface area contributed by atoms with Crippen LogP contribution in [-0.4, -0.2) is 17.5 Å². The average molecular weight is 330 g/mol. The quantitative estimate of drug-likeness (QED) is 0.778. The first-order valence-corrected chi connectivity index (χ1v) is 8.37. The first-order chi connectivity index (χ1) is 12.2. The van der Waals surface area contributed by atoms with E-state index < -0.39 is 0 Å². The molecular formula is C21H18N2O2. The Balaban J connectivity index is 1.90. The van der Waals surface area contributed by atoms with Gasteiger partial charge in [0.25, 0.3) is 5.91 Å². The molecule has 0 radical (unpaired) electrons. The van der Waals surface area contributed by atoms with Crippen LogP contribution in [0.2, 0.25) is 0 Å². The first-order valence-electron chi connectivity index (χ1n) is 8.37. The molecule has 124 valence electrons. The molecule has 1 amide bonds. The number of ether oxygens (including phenoxy) is 1. The Kier molecular flexibility index (Phi) is 3.94. The molecule has 0 fully saturated rings. The summed E-state index contributed by atoms with van der Waals surface area (Å²) >= 11 is 0. The fraction of sp³-hybridized carbons (Fsp3) is 0.143. The number of benzene rings is 2. The van der Waals surface area contributed by atoms with Crippen molar-refractivity contribution in [1.82, 2.24) is 4.98 Å². The third-order valence-electron chi connectivity index (χ3n) is 4.32. The van der Waals surface area contributed by atoms with Crippen molar-refractivity contribution in [2.75, 3.05) is 11.9 Å². The van der Waals surface area contributed by atoms with Crippen molar-refractivity contribution >= 4 is 11.6 Å². The topological polar surface area (TPSA) is 51.2 Å². The zero-order valence-electron chi connectivity index (χ0n) is 14.0. The molecule has 0 unspecified atom stereocenters. The summed E-state index contributed by atoms with van der Waals surface area (Å²) in [6.45, 7) is 2.14. The van der Waals surface area contributed by atoms with E-state index in [4.69, 9.17) is 9.72 Å². The molecule has 0 bridgehead atoms. The van der Waals surface area contributed by atoms with Crippen LogP contribution in [0.25, 0.3) is 22.4 Å². The molecule has 0 saturated carbocycles. The predicted molar refractivity (Wildman–Crippen MR) is 98.6 cm³/mol. The minimum atomic E-state index is -0.159. The van der Waals surface area contributed by atoms with Crippen LogP contribution in [0.1, 0.15) is 12.5 Å². The van der Waals surface area contributed by atoms with E-state index in [1.54, 1.807) is 0 Å². The summed E-state index contributed by atoms with van der Waals surface area (Å²) in [5, 5.41) is 2.84. The smallest absolute Gasteiger partial charge is 0.262 e. The lowest BCUT2D eigenvalue weighted by Gasteiger charge is -2.20. The molecule has 0 atom stereocenters. The Labute approximate surface area is 146 Å². The second-order valence-electron chi connectivity index (χ2n) is 5.99. The SMILES string of the molecule is CCc1ccc(-c2nc3c(cc2-c2ccccc2)NC(=O)CO3)cc1. The zero-order chi connectivity index (χ0) is 17.2. The minimum absolute atomic E-state index is 0.00110. The van der Waals surface area contributed by atoms with Crippen LogP contribution < -0.4 is 10.1 Å². The maximum atomic E-state index is 11.6. The predicted octanol–water partition coefficient (Wildman–Crippen LogP) is 4.31. The number of hydrogen-bond donors (Lipinski definition) is 1. The van der Waals surface area contributed by atoms with Crippen LogP contribution in [0.5, 0.6) is 5.88 Å². The van der Waals surface area contributed by atoms with E-state index in [1.807, 2.05) is 36.4 Å². The van der Waals surface area contributed by atoms with E-state index in [0.717, 1.165) is 28.8 Å². The maximum absolute atomic E-state index is 11.6. The van der Waals surface area contributed by atoms with E-state index in [2.05, 4.69) is 36.5 Å². The number of aromatic nitrogens is 1. The third kappa shape index (κ3) is 2.98. The van der Waals surface area contributed by atoms with Gasteiger partial charge in [0.15, 0.2) is 6.61 Å². The summed E-state index contributed by atoms with van der Waals surface area (Å²) < 4.78 is 5.51. The normalized spacial score (nSPS) is 12.9. The highest BCUT2D eigenvalue weighted by Gasteiger charge is 2.21. The van der Waals surface area contributed by atoms with Crippen molar-refractivity contribution in [3.63, 3.8) is 0 Å². The van der Waals surface area contributed by atoms with Crippen LogP contribution >= 0.6 is 0 Å². The number of rotatable bonds is 3. The molecule has 0 spiro atoms. The number of hydrogen-bond acceptors (Lipinski definition) is 3. The van der Waals surface area contributed by atoms with Gasteiger partial charge in [0.1, 0.15) is 5.69 Å². The fourth-order valence-electron chi connectivity index (χ4n) is 2.97. The van der Waals surface area contributed by atoms with Crippen LogP contribution in [0.15, 0.2) is 60.7 Å². The van der Waals surface area contributed by atoms with Gasteiger partial charge in [-0.1, -0.05) is 61.5 Å². The standard InChI is InChI=1S/C21H18N2O2/c1-2-14-8-10-16(11-9-14)20-17(15-6-4-3-5-7-15)12-18-21(23-20)25-13-19(24)22-18/h3-12H,2,13H2,1H3,(H,22,24). The lowest BCUT2D eigenvalue weighted by Crippen LogP contribution is -2.26. The van der Waals surface area contributed by atoms with Crippen molar-refractivity contribution in [3.05, 3.63) is 66.2 Å². The van der Waals surface area contributed by atoms with Crippen LogP contribution in [0.3, 0.4) is 0 Å². The Morgan fingerprint density at radius 1 is 1.04 bits per heavy atom. The summed E-state index contributed by atoms with van der Waals surface area (Å²) in [6, 6.07) is 20.4. The second-order valence-corrected chi connectivity index (χ2v) is 5.99. The van der Waals surface area contributed by atoms with Crippen LogP contribution in [-0.2, 0) is 11.2 Å². The van der Waals surface area contributed by atoms with Gasteiger partial charge in [-0.2, -0.15) is 0 Å². The largest absolute Gasteiger partial charge is 0.466 e. The van der Waals surface area contributed by atoms with Gasteiger partial charge in [0, 0.05) is 11.1 Å². The number of carbonyl (C=O) groups excluding carboxylic acids is 1. The molecule has 1 aliphatic rings. The van der Waals surface area contributed by atoms with E-state index in [0.29, 0.717) is 11.6 Å². The maximum Gasteiger partial charge on any atom is 0.262 e. The average Bonchev–Trinajstić information content (AvgIpc) is 2.68. The number of carbonyl (C=O) groups is 1. The van der Waals surface area contributed by atoms with Gasteiger partial charge in [-0.25, -0.2) is 4.98 Å². The summed E-state index contributed by atoms with van der Waals surface area (Å²) in [4.78, 5) is 16.3. The number of amides is 1. The highest BCUT2D eigenvalue weighted by atomic mass is 16.5. The molecule has 0 saturated heterocycles. The van der Waals surface area contributed by atoms with E-state index in [9.17, 15) is 4.79 Å². The Morgan fingerprint density at radius 2 is 1.80 bits per heavy atom. The molecular weight excluding hydrogens is 312 g/mol. The Morgan fingerprint density at radius 3 is 2.52 bits per heavy atom. The van der Waals surface area contributed by atoms with Crippen molar-refractivity contribution < 1.29 is 9.53 Å². The molecule has 4 nitrogen and oxygen atoms in total. The van der Waals surface area contributed by atoms with Crippen molar-refractivity contribution in [3.8, 4) is 28.3 Å². The Hall–Kier alpha value is -3.14. The zero-order valence-corrected chi connectivity index (χ0v) is 14.0. The van der Waals surface area contributed by atoms with Crippen molar-refractivity contribution in [2.45, 2.75) is 13.3 Å². The van der Waals surface area contributed by atoms with Gasteiger partial charge < -0.3 is 10.1 Å². The lowest BCUT2D eigenvalue weighted by atomic mass is 9.97. The highest BCUT2D eigenvalue weighted by Crippen LogP contribution is 2.38. The monoisotopic (exact) mass is 330 g/mol. The van der Waals surface area contributed by atoms with Crippen LogP contribution in [0.4, 0.5) is 5.69 Å². The van der Waals surface area contributed by atoms with Crippen molar-refractivity contribution in [2.24, 2.45) is 0 Å². The molecule has 1 aromatic heterocycles. The molecule has 0 aliphatic carbocycles. The van der Waals surface area contributed by atoms with E-state index >= 15 is 0 Å². The summed E-state index contributed by atoms with van der Waals surface area (Å²) in [5.41, 5.74) is 5.79. The van der Waals surface area contributed by atoms with Crippen molar-refractivity contribution in [1.29, 1.82) is 0 Å². The molecule has 2 heterocycles. The molecule has 25 heavy (non-hydrogen) atoms. The minimum Gasteiger partial charge on any atom is -0.466 e. The van der Waals surface area contributed by atoms with E-state index in [-0.39, 0.29) is 12.5 Å². The summed E-state index contributed by atoms with van der Waals surface area (Å²) in [5.74, 6) is 0.308. The molecule has 1 N–H and O–H groups in total. The number of nitrogens with zero attached hydrogens (tertiary/aromatic N) is 1. The van der Waals surface area contributed by atoms with Gasteiger partial charge in [-0.05, 0) is 23.6 Å². The van der Waals surface area contributed by atoms with Crippen LogP contribution in [0, 0.1) is 0 Å². The van der Waals surface area contributed by atoms with Gasteiger partial charge >= 0.3 is 0 Å². The number of aryl methyl sites for hydroxylation is 1.